The average molecular weight is 256 g/mol. The van der Waals surface area contributed by atoms with E-state index in [1.54, 1.807) is 18.6 Å². The lowest BCUT2D eigenvalue weighted by Crippen LogP contribution is -1.81. The zero-order valence-electron chi connectivity index (χ0n) is 5.66. The van der Waals surface area contributed by atoms with E-state index >= 15 is 0 Å². The minimum atomic E-state index is 0.958. The van der Waals surface area contributed by atoms with Gasteiger partial charge in [0.15, 0.2) is 0 Å². The summed E-state index contributed by atoms with van der Waals surface area (Å²) in [6, 6.07) is 3.97. The Labute approximate surface area is 77.8 Å². The number of aromatic nitrogens is 2. The molecule has 0 N–H and O–H groups in total. The molecule has 0 saturated heterocycles. The highest BCUT2D eigenvalue weighted by molar-refractivity contribution is 14.1. The molecular weight excluding hydrogens is 251 g/mol. The summed E-state index contributed by atoms with van der Waals surface area (Å²) < 4.78 is 1.22. The van der Waals surface area contributed by atoms with Gasteiger partial charge in [0.05, 0.1) is 11.7 Å². The summed E-state index contributed by atoms with van der Waals surface area (Å²) in [4.78, 5) is 8.16. The van der Waals surface area contributed by atoms with Crippen LogP contribution in [0.1, 0.15) is 0 Å². The van der Waals surface area contributed by atoms with E-state index in [0.717, 1.165) is 5.52 Å². The standard InChI is InChI=1S/C8H5IN2/c9-7-2-4-11-8-5-10-3-1-6(7)8/h1-5H. The van der Waals surface area contributed by atoms with E-state index < -0.39 is 0 Å². The van der Waals surface area contributed by atoms with Crippen LogP contribution in [0.4, 0.5) is 0 Å². The summed E-state index contributed by atoms with van der Waals surface area (Å²) in [5.41, 5.74) is 0.958. The first-order valence-electron chi connectivity index (χ1n) is 3.22. The fourth-order valence-corrected chi connectivity index (χ4v) is 1.58. The molecule has 0 spiro atoms. The fourth-order valence-electron chi connectivity index (χ4n) is 0.964. The molecule has 0 aliphatic rings. The number of fused-ring (bicyclic) bond motifs is 1. The summed E-state index contributed by atoms with van der Waals surface area (Å²) in [7, 11) is 0. The molecular formula is C8H5IN2. The van der Waals surface area contributed by atoms with Crippen molar-refractivity contribution in [1.82, 2.24) is 9.97 Å². The number of hydrogen-bond acceptors (Lipinski definition) is 2. The van der Waals surface area contributed by atoms with Crippen molar-refractivity contribution in [2.24, 2.45) is 0 Å². The number of rotatable bonds is 0. The summed E-state index contributed by atoms with van der Waals surface area (Å²) in [5, 5.41) is 1.17. The number of nitrogens with zero attached hydrogens (tertiary/aromatic N) is 2. The Balaban J connectivity index is 2.91. The van der Waals surface area contributed by atoms with E-state index in [1.165, 1.54) is 8.96 Å². The summed E-state index contributed by atoms with van der Waals surface area (Å²) in [5.74, 6) is 0. The van der Waals surface area contributed by atoms with E-state index in [1.807, 2.05) is 12.1 Å². The van der Waals surface area contributed by atoms with Crippen LogP contribution in [0.2, 0.25) is 0 Å². The molecule has 2 aromatic heterocycles. The molecule has 0 amide bonds. The highest BCUT2D eigenvalue weighted by atomic mass is 127. The normalized spacial score (nSPS) is 10.3. The molecule has 0 saturated carbocycles. The van der Waals surface area contributed by atoms with Gasteiger partial charge in [-0.1, -0.05) is 0 Å². The van der Waals surface area contributed by atoms with Gasteiger partial charge in [-0.15, -0.1) is 0 Å². The molecule has 2 rings (SSSR count). The lowest BCUT2D eigenvalue weighted by atomic mass is 10.3. The van der Waals surface area contributed by atoms with Crippen molar-refractivity contribution in [1.29, 1.82) is 0 Å². The summed E-state index contributed by atoms with van der Waals surface area (Å²) in [6.45, 7) is 0. The molecule has 0 bridgehead atoms. The Bertz CT molecular complexity index is 381. The van der Waals surface area contributed by atoms with Gasteiger partial charge in [0.1, 0.15) is 0 Å². The van der Waals surface area contributed by atoms with Crippen molar-refractivity contribution in [2.45, 2.75) is 0 Å². The smallest absolute Gasteiger partial charge is 0.0895 e. The molecule has 0 radical (unpaired) electrons. The fraction of sp³-hybridized carbons (Fsp3) is 0. The summed E-state index contributed by atoms with van der Waals surface area (Å²) in [6.07, 6.45) is 5.36. The predicted octanol–water partition coefficient (Wildman–Crippen LogP) is 2.23. The van der Waals surface area contributed by atoms with Gasteiger partial charge in [0.25, 0.3) is 0 Å². The van der Waals surface area contributed by atoms with Gasteiger partial charge in [0, 0.05) is 21.4 Å². The van der Waals surface area contributed by atoms with Crippen molar-refractivity contribution in [2.75, 3.05) is 0 Å². The van der Waals surface area contributed by atoms with E-state index in [-0.39, 0.29) is 0 Å². The maximum Gasteiger partial charge on any atom is 0.0895 e. The van der Waals surface area contributed by atoms with Gasteiger partial charge >= 0.3 is 0 Å². The zero-order valence-corrected chi connectivity index (χ0v) is 7.82. The van der Waals surface area contributed by atoms with Gasteiger partial charge in [-0.25, -0.2) is 0 Å². The maximum absolute atomic E-state index is 4.17. The van der Waals surface area contributed by atoms with Crippen LogP contribution in [0.5, 0.6) is 0 Å². The minimum Gasteiger partial charge on any atom is -0.262 e. The first-order chi connectivity index (χ1) is 5.38. The van der Waals surface area contributed by atoms with E-state index in [0.29, 0.717) is 0 Å². The van der Waals surface area contributed by atoms with Crippen LogP contribution in [-0.2, 0) is 0 Å². The number of pyridine rings is 2. The molecule has 54 valence electrons. The lowest BCUT2D eigenvalue weighted by molar-refractivity contribution is 1.31. The molecule has 0 atom stereocenters. The molecule has 11 heavy (non-hydrogen) atoms. The lowest BCUT2D eigenvalue weighted by Gasteiger charge is -1.96. The first-order valence-corrected chi connectivity index (χ1v) is 4.30. The third-order valence-electron chi connectivity index (χ3n) is 1.49. The average Bonchev–Trinajstić information content (AvgIpc) is 2.06. The molecule has 0 aromatic carbocycles. The van der Waals surface area contributed by atoms with Crippen LogP contribution >= 0.6 is 22.6 Å². The molecule has 0 aliphatic carbocycles. The van der Waals surface area contributed by atoms with Gasteiger partial charge in [0.2, 0.25) is 0 Å². The SMILES string of the molecule is Ic1ccnc2cnccc12. The van der Waals surface area contributed by atoms with Crippen molar-refractivity contribution < 1.29 is 0 Å². The van der Waals surface area contributed by atoms with Crippen molar-refractivity contribution >= 4 is 33.5 Å². The van der Waals surface area contributed by atoms with Crippen molar-refractivity contribution in [3.05, 3.63) is 34.3 Å². The van der Waals surface area contributed by atoms with Crippen LogP contribution in [0, 0.1) is 3.57 Å². The Morgan fingerprint density at radius 2 is 2.09 bits per heavy atom. The monoisotopic (exact) mass is 256 g/mol. The van der Waals surface area contributed by atoms with E-state index in [4.69, 9.17) is 0 Å². The van der Waals surface area contributed by atoms with E-state index in [2.05, 4.69) is 32.6 Å². The maximum atomic E-state index is 4.17. The second kappa shape index (κ2) is 2.73. The second-order valence-corrected chi connectivity index (χ2v) is 3.35. The van der Waals surface area contributed by atoms with Gasteiger partial charge < -0.3 is 0 Å². The zero-order chi connectivity index (χ0) is 7.68. The van der Waals surface area contributed by atoms with Crippen molar-refractivity contribution in [3.8, 4) is 0 Å². The quantitative estimate of drug-likeness (QED) is 0.675. The highest BCUT2D eigenvalue weighted by Crippen LogP contribution is 2.15. The van der Waals surface area contributed by atoms with Crippen LogP contribution < -0.4 is 0 Å². The van der Waals surface area contributed by atoms with Gasteiger partial charge in [-0.05, 0) is 34.7 Å². The molecule has 0 fully saturated rings. The molecule has 0 unspecified atom stereocenters. The van der Waals surface area contributed by atoms with Crippen LogP contribution in [0.3, 0.4) is 0 Å². The number of hydrogen-bond donors (Lipinski definition) is 0. The molecule has 2 nitrogen and oxygen atoms in total. The van der Waals surface area contributed by atoms with Crippen LogP contribution in [-0.4, -0.2) is 9.97 Å². The topological polar surface area (TPSA) is 25.8 Å². The largest absolute Gasteiger partial charge is 0.262 e. The predicted molar refractivity (Wildman–Crippen MR) is 52.3 cm³/mol. The minimum absolute atomic E-state index is 0.958. The Morgan fingerprint density at radius 1 is 1.18 bits per heavy atom. The van der Waals surface area contributed by atoms with Gasteiger partial charge in [-0.2, -0.15) is 0 Å². The molecule has 2 heterocycles. The number of halogens is 1. The third kappa shape index (κ3) is 1.20. The molecule has 3 heteroatoms. The molecule has 2 aromatic rings. The van der Waals surface area contributed by atoms with E-state index in [9.17, 15) is 0 Å². The Kier molecular flexibility index (Phi) is 1.73. The highest BCUT2D eigenvalue weighted by Gasteiger charge is 1.95. The van der Waals surface area contributed by atoms with Crippen LogP contribution in [0.25, 0.3) is 10.9 Å². The van der Waals surface area contributed by atoms with Gasteiger partial charge in [-0.3, -0.25) is 9.97 Å². The Hall–Kier alpha value is -0.710. The summed E-state index contributed by atoms with van der Waals surface area (Å²) >= 11 is 2.29. The molecule has 0 aliphatic heterocycles. The third-order valence-corrected chi connectivity index (χ3v) is 2.43. The first kappa shape index (κ1) is 6.97. The van der Waals surface area contributed by atoms with Crippen molar-refractivity contribution in [3.63, 3.8) is 0 Å². The Morgan fingerprint density at radius 3 is 2.91 bits per heavy atom. The second-order valence-electron chi connectivity index (χ2n) is 2.19. The van der Waals surface area contributed by atoms with Crippen LogP contribution in [0.15, 0.2) is 30.7 Å².